The van der Waals surface area contributed by atoms with Gasteiger partial charge in [-0.25, -0.2) is 0 Å². The van der Waals surface area contributed by atoms with E-state index in [1.54, 1.807) is 17.2 Å². The normalized spacial score (nSPS) is 16.3. The summed E-state index contributed by atoms with van der Waals surface area (Å²) in [6.45, 7) is 1.66. The zero-order chi connectivity index (χ0) is 24.1. The van der Waals surface area contributed by atoms with Crippen LogP contribution in [0.5, 0.6) is 11.5 Å². The molecule has 9 nitrogen and oxygen atoms in total. The van der Waals surface area contributed by atoms with E-state index in [1.807, 2.05) is 73.6 Å². The fourth-order valence-corrected chi connectivity index (χ4v) is 4.19. The van der Waals surface area contributed by atoms with Crippen LogP contribution in [0.3, 0.4) is 0 Å². The minimum Gasteiger partial charge on any atom is -0.457 e. The van der Waals surface area contributed by atoms with Gasteiger partial charge in [0.05, 0.1) is 17.4 Å². The average molecular weight is 461 g/mol. The van der Waals surface area contributed by atoms with Crippen molar-refractivity contribution in [2.45, 2.75) is 12.5 Å². The summed E-state index contributed by atoms with van der Waals surface area (Å²) in [5.41, 5.74) is 8.29. The van der Waals surface area contributed by atoms with E-state index in [9.17, 15) is 10.0 Å². The minimum absolute atomic E-state index is 0.0128. The van der Waals surface area contributed by atoms with Gasteiger partial charge in [0.25, 0.3) is 0 Å². The van der Waals surface area contributed by atoms with Crippen LogP contribution < -0.4 is 20.3 Å². The molecule has 4 rings (SSSR count). The van der Waals surface area contributed by atoms with Crippen LogP contribution in [0.15, 0.2) is 72.0 Å². The number of nitrogens with two attached hydrogens (primary N) is 1. The summed E-state index contributed by atoms with van der Waals surface area (Å²) in [6.07, 6.45) is 3.25. The number of hydrogen-bond donors (Lipinski definition) is 2. The van der Waals surface area contributed by atoms with E-state index in [2.05, 4.69) is 15.0 Å². The van der Waals surface area contributed by atoms with E-state index >= 15 is 0 Å². The molecule has 2 heterocycles. The molecular formula is C25H28N6O3. The number of nitrogens with zero attached hydrogens (tertiary/aromatic N) is 5. The SMILES string of the molecule is CN1CCC(N(C=O)c2ccnc(/C(N)=N/O)c2N(C)c2ccc(Oc3ccccc3)cc2)C1. The van der Waals surface area contributed by atoms with Crippen molar-refractivity contribution in [2.24, 2.45) is 10.9 Å². The maximum atomic E-state index is 12.2. The summed E-state index contributed by atoms with van der Waals surface area (Å²) in [6, 6.07) is 18.9. The van der Waals surface area contributed by atoms with Crippen molar-refractivity contribution in [1.82, 2.24) is 9.88 Å². The minimum atomic E-state index is -0.137. The first-order valence-electron chi connectivity index (χ1n) is 11.0. The van der Waals surface area contributed by atoms with Gasteiger partial charge in [0.1, 0.15) is 17.2 Å². The van der Waals surface area contributed by atoms with Gasteiger partial charge in [-0.3, -0.25) is 9.78 Å². The van der Waals surface area contributed by atoms with Crippen molar-refractivity contribution in [1.29, 1.82) is 0 Å². The number of anilines is 3. The second-order valence-electron chi connectivity index (χ2n) is 8.20. The second-order valence-corrected chi connectivity index (χ2v) is 8.20. The van der Waals surface area contributed by atoms with Gasteiger partial charge >= 0.3 is 0 Å². The smallest absolute Gasteiger partial charge is 0.214 e. The number of carbonyl (C=O) groups excluding carboxylic acids is 1. The number of ether oxygens (including phenoxy) is 1. The Kier molecular flexibility index (Phi) is 6.93. The quantitative estimate of drug-likeness (QED) is 0.174. The Labute approximate surface area is 198 Å². The van der Waals surface area contributed by atoms with E-state index < -0.39 is 0 Å². The van der Waals surface area contributed by atoms with Gasteiger partial charge in [0, 0.05) is 25.5 Å². The highest BCUT2D eigenvalue weighted by molar-refractivity contribution is 6.05. The molecule has 0 radical (unpaired) electrons. The van der Waals surface area contributed by atoms with E-state index in [0.29, 0.717) is 17.1 Å². The predicted octanol–water partition coefficient (Wildman–Crippen LogP) is 3.40. The number of rotatable bonds is 8. The first-order valence-corrected chi connectivity index (χ1v) is 11.0. The third-order valence-electron chi connectivity index (χ3n) is 5.94. The van der Waals surface area contributed by atoms with Crippen LogP contribution in [0, 0.1) is 0 Å². The molecule has 3 N–H and O–H groups in total. The van der Waals surface area contributed by atoms with Gasteiger partial charge in [-0.05, 0) is 62.5 Å². The zero-order valence-electron chi connectivity index (χ0n) is 19.2. The Morgan fingerprint density at radius 3 is 2.50 bits per heavy atom. The Morgan fingerprint density at radius 1 is 1.18 bits per heavy atom. The van der Waals surface area contributed by atoms with Crippen LogP contribution in [0.25, 0.3) is 0 Å². The fraction of sp³-hybridized carbons (Fsp3) is 0.240. The molecular weight excluding hydrogens is 432 g/mol. The third kappa shape index (κ3) is 4.79. The summed E-state index contributed by atoms with van der Waals surface area (Å²) in [5.74, 6) is 1.30. The van der Waals surface area contributed by atoms with Crippen LogP contribution in [0.2, 0.25) is 0 Å². The standard InChI is InChI=1S/C25H28N6O3/c1-29-15-13-19(16-29)31(17-32)22-12-14-27-23(25(26)28-33)24(22)30(2)18-8-10-21(11-9-18)34-20-6-4-3-5-7-20/h3-12,14,17,19,33H,13,15-16H2,1-2H3,(H2,26,28). The summed E-state index contributed by atoms with van der Waals surface area (Å²) < 4.78 is 5.89. The zero-order valence-corrected chi connectivity index (χ0v) is 19.2. The van der Waals surface area contributed by atoms with Crippen molar-refractivity contribution < 1.29 is 14.7 Å². The predicted molar refractivity (Wildman–Crippen MR) is 132 cm³/mol. The average Bonchev–Trinajstić information content (AvgIpc) is 3.30. The molecule has 1 unspecified atom stereocenters. The topological polar surface area (TPSA) is 108 Å². The molecule has 176 valence electrons. The number of likely N-dealkylation sites (N-methyl/N-ethyl adjacent to an activating group) is 1. The number of hydrogen-bond acceptors (Lipinski definition) is 7. The molecule has 3 aromatic rings. The first kappa shape index (κ1) is 23.1. The molecule has 1 aliphatic rings. The van der Waals surface area contributed by atoms with Crippen molar-refractivity contribution in [3.05, 3.63) is 72.6 Å². The number of oxime groups is 1. The van der Waals surface area contributed by atoms with Gasteiger partial charge in [0.15, 0.2) is 5.84 Å². The van der Waals surface area contributed by atoms with E-state index in [0.717, 1.165) is 37.4 Å². The van der Waals surface area contributed by atoms with E-state index in [1.165, 1.54) is 0 Å². The maximum absolute atomic E-state index is 12.2. The number of para-hydroxylation sites is 1. The van der Waals surface area contributed by atoms with Crippen LogP contribution >= 0.6 is 0 Å². The third-order valence-corrected chi connectivity index (χ3v) is 5.94. The summed E-state index contributed by atoms with van der Waals surface area (Å²) in [4.78, 5) is 22.3. The van der Waals surface area contributed by atoms with E-state index in [-0.39, 0.29) is 17.6 Å². The number of amidine groups is 1. The molecule has 0 saturated carbocycles. The molecule has 1 aliphatic heterocycles. The van der Waals surface area contributed by atoms with Gasteiger partial charge in [-0.1, -0.05) is 23.4 Å². The highest BCUT2D eigenvalue weighted by Gasteiger charge is 2.30. The van der Waals surface area contributed by atoms with Gasteiger partial charge in [-0.2, -0.15) is 0 Å². The Morgan fingerprint density at radius 2 is 1.88 bits per heavy atom. The van der Waals surface area contributed by atoms with Crippen molar-refractivity contribution in [3.63, 3.8) is 0 Å². The largest absolute Gasteiger partial charge is 0.457 e. The molecule has 0 bridgehead atoms. The lowest BCUT2D eigenvalue weighted by molar-refractivity contribution is -0.107. The van der Waals surface area contributed by atoms with Crippen molar-refractivity contribution in [2.75, 3.05) is 37.0 Å². The van der Waals surface area contributed by atoms with E-state index in [4.69, 9.17) is 10.5 Å². The molecule has 1 aromatic heterocycles. The van der Waals surface area contributed by atoms with Crippen LogP contribution in [0.1, 0.15) is 12.1 Å². The number of carbonyl (C=O) groups is 1. The van der Waals surface area contributed by atoms with Gasteiger partial charge in [-0.15, -0.1) is 0 Å². The summed E-state index contributed by atoms with van der Waals surface area (Å²) in [7, 11) is 3.88. The monoisotopic (exact) mass is 460 g/mol. The van der Waals surface area contributed by atoms with Crippen LogP contribution in [-0.2, 0) is 4.79 Å². The lowest BCUT2D eigenvalue weighted by Gasteiger charge is -2.31. The molecule has 1 fully saturated rings. The summed E-state index contributed by atoms with van der Waals surface area (Å²) in [5, 5.41) is 12.5. The molecule has 0 spiro atoms. The second kappa shape index (κ2) is 10.2. The van der Waals surface area contributed by atoms with Crippen LogP contribution in [0.4, 0.5) is 17.1 Å². The lowest BCUT2D eigenvalue weighted by Crippen LogP contribution is -2.37. The van der Waals surface area contributed by atoms with Crippen LogP contribution in [-0.4, -0.2) is 60.6 Å². The summed E-state index contributed by atoms with van der Waals surface area (Å²) >= 11 is 0. The molecule has 2 aromatic carbocycles. The number of aromatic nitrogens is 1. The highest BCUT2D eigenvalue weighted by atomic mass is 16.5. The lowest BCUT2D eigenvalue weighted by atomic mass is 10.1. The van der Waals surface area contributed by atoms with Crippen molar-refractivity contribution >= 4 is 29.3 Å². The van der Waals surface area contributed by atoms with Crippen molar-refractivity contribution in [3.8, 4) is 11.5 Å². The number of amides is 1. The Bertz CT molecular complexity index is 1150. The Hall–Kier alpha value is -4.11. The fourth-order valence-electron chi connectivity index (χ4n) is 4.19. The van der Waals surface area contributed by atoms with Gasteiger partial charge in [0.2, 0.25) is 6.41 Å². The maximum Gasteiger partial charge on any atom is 0.214 e. The van der Waals surface area contributed by atoms with Gasteiger partial charge < -0.3 is 30.4 Å². The Balaban J connectivity index is 1.70. The number of pyridine rings is 1. The number of likely N-dealkylation sites (tertiary alicyclic amines) is 1. The molecule has 1 saturated heterocycles. The highest BCUT2D eigenvalue weighted by Crippen LogP contribution is 2.37. The molecule has 1 atom stereocenters. The first-order chi connectivity index (χ1) is 16.5. The molecule has 1 amide bonds. The molecule has 9 heteroatoms. The number of benzene rings is 2. The molecule has 34 heavy (non-hydrogen) atoms. The molecule has 0 aliphatic carbocycles.